The summed E-state index contributed by atoms with van der Waals surface area (Å²) in [6, 6.07) is 0. The maximum atomic E-state index is 12.7. The Morgan fingerprint density at radius 3 is 1.73 bits per heavy atom. The molecule has 0 aliphatic heterocycles. The van der Waals surface area contributed by atoms with E-state index in [0.29, 0.717) is 23.9 Å². The maximum absolute atomic E-state index is 12.7. The summed E-state index contributed by atoms with van der Waals surface area (Å²) in [7, 11) is 1.33. The van der Waals surface area contributed by atoms with E-state index in [0.717, 1.165) is 38.5 Å². The standard InChI is InChI=1S/C44H82NO10P/c1-6-8-10-12-14-16-18-20-22-24-26-28-30-34-44(49)55-40(39-54-56(50,51)53-37-36-45(3,4)5)38-52-43(48)35-31-33-42(47)41(46)32-29-27-25-23-21-19-17-15-13-11-9-7-2/h15,17,21,23,27,29,40-42,46-47H,6-14,16,18-20,22,24-26,28,30-39H2,1-5H3/p+1/b17-15-,23-21-,29-27-/t40-,41?,42?/m1/s1. The van der Waals surface area contributed by atoms with Crippen molar-refractivity contribution in [2.75, 3.05) is 47.5 Å². The van der Waals surface area contributed by atoms with E-state index >= 15 is 0 Å². The summed E-state index contributed by atoms with van der Waals surface area (Å²) in [5.41, 5.74) is 0. The number of likely N-dealkylation sites (N-methyl/N-ethyl adjacent to an activating group) is 1. The molecule has 0 amide bonds. The van der Waals surface area contributed by atoms with Crippen LogP contribution in [0.2, 0.25) is 0 Å². The molecule has 0 aliphatic carbocycles. The highest BCUT2D eigenvalue weighted by molar-refractivity contribution is 7.47. The van der Waals surface area contributed by atoms with Crippen molar-refractivity contribution < 1.29 is 52.3 Å². The lowest BCUT2D eigenvalue weighted by atomic mass is 10.0. The molecule has 0 saturated carbocycles. The molecule has 0 heterocycles. The molecule has 56 heavy (non-hydrogen) atoms. The van der Waals surface area contributed by atoms with Crippen molar-refractivity contribution in [2.45, 2.75) is 186 Å². The fourth-order valence-corrected chi connectivity index (χ4v) is 6.51. The van der Waals surface area contributed by atoms with E-state index in [2.05, 4.69) is 38.2 Å². The highest BCUT2D eigenvalue weighted by atomic mass is 31.2. The predicted molar refractivity (Wildman–Crippen MR) is 227 cm³/mol. The zero-order valence-corrected chi connectivity index (χ0v) is 37.0. The Labute approximate surface area is 341 Å². The third-order valence-electron chi connectivity index (χ3n) is 9.37. The summed E-state index contributed by atoms with van der Waals surface area (Å²) in [6.45, 7) is 4.05. The van der Waals surface area contributed by atoms with Crippen LogP contribution in [0.25, 0.3) is 0 Å². The summed E-state index contributed by atoms with van der Waals surface area (Å²) in [4.78, 5) is 35.4. The normalized spacial score (nSPS) is 15.1. The molecule has 0 bridgehead atoms. The lowest BCUT2D eigenvalue weighted by Gasteiger charge is -2.24. The summed E-state index contributed by atoms with van der Waals surface area (Å²) in [5, 5.41) is 20.7. The van der Waals surface area contributed by atoms with Crippen LogP contribution in [-0.2, 0) is 32.7 Å². The van der Waals surface area contributed by atoms with Crippen molar-refractivity contribution in [1.82, 2.24) is 0 Å². The minimum absolute atomic E-state index is 0.0126. The highest BCUT2D eigenvalue weighted by Crippen LogP contribution is 2.43. The molecule has 0 rings (SSSR count). The van der Waals surface area contributed by atoms with Gasteiger partial charge >= 0.3 is 19.8 Å². The van der Waals surface area contributed by atoms with Crippen LogP contribution in [-0.4, -0.2) is 97.3 Å². The quantitative estimate of drug-likeness (QED) is 0.0180. The fraction of sp³-hybridized carbons (Fsp3) is 0.818. The topological polar surface area (TPSA) is 149 Å². The minimum atomic E-state index is -4.44. The lowest BCUT2D eigenvalue weighted by molar-refractivity contribution is -0.870. The van der Waals surface area contributed by atoms with Gasteiger partial charge in [0.25, 0.3) is 0 Å². The molecule has 4 atom stereocenters. The third kappa shape index (κ3) is 37.7. The number of carbonyl (C=O) groups excluding carboxylic acids is 2. The van der Waals surface area contributed by atoms with Gasteiger partial charge in [-0.15, -0.1) is 0 Å². The van der Waals surface area contributed by atoms with Gasteiger partial charge < -0.3 is 29.1 Å². The molecule has 3 N–H and O–H groups in total. The van der Waals surface area contributed by atoms with Gasteiger partial charge in [0.1, 0.15) is 19.8 Å². The van der Waals surface area contributed by atoms with Crippen LogP contribution in [0.3, 0.4) is 0 Å². The van der Waals surface area contributed by atoms with Crippen LogP contribution in [0.4, 0.5) is 0 Å². The van der Waals surface area contributed by atoms with Gasteiger partial charge in [-0.1, -0.05) is 140 Å². The summed E-state index contributed by atoms with van der Waals surface area (Å²) >= 11 is 0. The number of nitrogens with zero attached hydrogens (tertiary/aromatic N) is 1. The molecule has 11 nitrogen and oxygen atoms in total. The number of quaternary nitrogens is 1. The molecule has 0 aromatic rings. The number of aliphatic hydroxyl groups excluding tert-OH is 2. The Balaban J connectivity index is 4.60. The third-order valence-corrected chi connectivity index (χ3v) is 10.4. The number of carbonyl (C=O) groups is 2. The van der Waals surface area contributed by atoms with Gasteiger partial charge in [-0.3, -0.25) is 18.6 Å². The summed E-state index contributed by atoms with van der Waals surface area (Å²) in [5.74, 6) is -1.08. The first kappa shape index (κ1) is 54.2. The number of rotatable bonds is 39. The van der Waals surface area contributed by atoms with Gasteiger partial charge in [0.15, 0.2) is 6.10 Å². The highest BCUT2D eigenvalue weighted by Gasteiger charge is 2.27. The van der Waals surface area contributed by atoms with E-state index in [-0.39, 0.29) is 38.9 Å². The van der Waals surface area contributed by atoms with Gasteiger partial charge in [-0.05, 0) is 51.4 Å². The molecular weight excluding hydrogens is 733 g/mol. The molecule has 0 aliphatic rings. The van der Waals surface area contributed by atoms with Crippen LogP contribution in [0.1, 0.15) is 168 Å². The van der Waals surface area contributed by atoms with Crippen LogP contribution in [0.15, 0.2) is 36.5 Å². The van der Waals surface area contributed by atoms with Crippen molar-refractivity contribution in [1.29, 1.82) is 0 Å². The van der Waals surface area contributed by atoms with Crippen LogP contribution in [0, 0.1) is 0 Å². The van der Waals surface area contributed by atoms with E-state index in [1.807, 2.05) is 33.3 Å². The van der Waals surface area contributed by atoms with E-state index in [1.165, 1.54) is 77.0 Å². The smallest absolute Gasteiger partial charge is 0.462 e. The Morgan fingerprint density at radius 2 is 1.14 bits per heavy atom. The zero-order valence-electron chi connectivity index (χ0n) is 36.1. The van der Waals surface area contributed by atoms with E-state index in [4.69, 9.17) is 18.5 Å². The molecule has 0 saturated heterocycles. The van der Waals surface area contributed by atoms with Gasteiger partial charge in [0.2, 0.25) is 0 Å². The second kappa shape index (κ2) is 36.2. The number of ether oxygens (including phenoxy) is 2. The largest absolute Gasteiger partial charge is 0.472 e. The SMILES string of the molecule is CCCCC/C=C\C/C=C\C/C=C\CC(O)C(O)CCCC(=O)OC[C@H](COP(=O)(O)OCC[N+](C)(C)C)OC(=O)CCCCCCCCCCCCCCC. The summed E-state index contributed by atoms with van der Waals surface area (Å²) in [6.07, 6.45) is 32.2. The second-order valence-corrected chi connectivity index (χ2v) is 17.5. The fourth-order valence-electron chi connectivity index (χ4n) is 5.76. The monoisotopic (exact) mass is 817 g/mol. The molecule has 3 unspecified atom stereocenters. The van der Waals surface area contributed by atoms with E-state index < -0.39 is 44.7 Å². The summed E-state index contributed by atoms with van der Waals surface area (Å²) < 4.78 is 34.1. The average molecular weight is 817 g/mol. The second-order valence-electron chi connectivity index (χ2n) is 16.0. The molecule has 0 fully saturated rings. The van der Waals surface area contributed by atoms with Gasteiger partial charge in [0, 0.05) is 12.8 Å². The molecule has 0 aromatic heterocycles. The van der Waals surface area contributed by atoms with E-state index in [1.54, 1.807) is 0 Å². The van der Waals surface area contributed by atoms with Gasteiger partial charge in [0.05, 0.1) is 40.0 Å². The van der Waals surface area contributed by atoms with Crippen molar-refractivity contribution in [2.24, 2.45) is 0 Å². The number of aliphatic hydroxyl groups is 2. The molecule has 328 valence electrons. The number of unbranched alkanes of at least 4 members (excludes halogenated alkanes) is 15. The number of hydrogen-bond acceptors (Lipinski definition) is 9. The Kier molecular flexibility index (Phi) is 35.0. The van der Waals surface area contributed by atoms with Crippen molar-refractivity contribution in [3.8, 4) is 0 Å². The number of esters is 2. The Bertz CT molecular complexity index is 1090. The van der Waals surface area contributed by atoms with E-state index in [9.17, 15) is 29.3 Å². The minimum Gasteiger partial charge on any atom is -0.462 e. The van der Waals surface area contributed by atoms with Gasteiger partial charge in [-0.2, -0.15) is 0 Å². The Hall–Kier alpha value is -1.85. The number of hydrogen-bond donors (Lipinski definition) is 3. The molecular formula is C44H83NO10P+. The molecule has 0 spiro atoms. The number of phosphoric acid groups is 1. The van der Waals surface area contributed by atoms with Crippen molar-refractivity contribution in [3.63, 3.8) is 0 Å². The zero-order chi connectivity index (χ0) is 41.8. The van der Waals surface area contributed by atoms with Crippen molar-refractivity contribution >= 4 is 19.8 Å². The van der Waals surface area contributed by atoms with Crippen molar-refractivity contribution in [3.05, 3.63) is 36.5 Å². The predicted octanol–water partition coefficient (Wildman–Crippen LogP) is 10.1. The first-order valence-corrected chi connectivity index (χ1v) is 23.4. The first-order chi connectivity index (χ1) is 26.8. The van der Waals surface area contributed by atoms with Crippen LogP contribution >= 0.6 is 7.82 Å². The molecule has 0 aromatic carbocycles. The van der Waals surface area contributed by atoms with Crippen LogP contribution in [0.5, 0.6) is 0 Å². The average Bonchev–Trinajstić information content (AvgIpc) is 3.14. The maximum Gasteiger partial charge on any atom is 0.472 e. The number of allylic oxidation sites excluding steroid dienone is 5. The number of phosphoric ester groups is 1. The molecule has 12 heteroatoms. The lowest BCUT2D eigenvalue weighted by Crippen LogP contribution is -2.37. The van der Waals surface area contributed by atoms with Crippen LogP contribution < -0.4 is 0 Å². The first-order valence-electron chi connectivity index (χ1n) is 21.9. The van der Waals surface area contributed by atoms with Gasteiger partial charge in [-0.25, -0.2) is 4.57 Å². The Morgan fingerprint density at radius 1 is 0.625 bits per heavy atom. The molecule has 0 radical (unpaired) electrons.